The predicted octanol–water partition coefficient (Wildman–Crippen LogP) is 2.91. The van der Waals surface area contributed by atoms with Gasteiger partial charge in [-0.05, 0) is 41.8 Å². The lowest BCUT2D eigenvalue weighted by Crippen LogP contribution is -2.03. The number of azo groups is 1. The maximum Gasteiger partial charge on any atom is 0.296 e. The molecular weight excluding hydrogens is 436 g/mol. The van der Waals surface area contributed by atoms with Crippen molar-refractivity contribution < 1.29 is 31.0 Å². The Morgan fingerprint density at radius 2 is 1.57 bits per heavy atom. The summed E-state index contributed by atoms with van der Waals surface area (Å²) in [6.45, 7) is 0. The van der Waals surface area contributed by atoms with Gasteiger partial charge in [-0.25, -0.2) is 0 Å². The third kappa shape index (κ3) is 4.07. The summed E-state index contributed by atoms with van der Waals surface area (Å²) in [4.78, 5) is -1.50. The molecule has 0 fully saturated rings. The molecule has 3 aromatic rings. The van der Waals surface area contributed by atoms with Gasteiger partial charge in [-0.2, -0.15) is 27.2 Å². The van der Waals surface area contributed by atoms with Crippen LogP contribution in [0.3, 0.4) is 0 Å². The molecule has 3 rings (SSSR count). The minimum Gasteiger partial charge on any atom is -0.507 e. The van der Waals surface area contributed by atoms with E-state index in [9.17, 15) is 31.0 Å². The largest absolute Gasteiger partial charge is 0.507 e. The summed E-state index contributed by atoms with van der Waals surface area (Å²) in [5.41, 5.74) is 5.64. The summed E-state index contributed by atoms with van der Waals surface area (Å²) >= 11 is 0. The van der Waals surface area contributed by atoms with E-state index >= 15 is 0 Å². The van der Waals surface area contributed by atoms with Crippen LogP contribution in [0.15, 0.2) is 62.5 Å². The Balaban J connectivity index is 2.29. The number of anilines is 1. The Labute approximate surface area is 170 Å². The molecule has 0 saturated carbocycles. The number of nitrogens with two attached hydrogens (primary N) is 1. The van der Waals surface area contributed by atoms with Crippen molar-refractivity contribution in [3.05, 3.63) is 48.0 Å². The van der Waals surface area contributed by atoms with Crippen LogP contribution in [0.25, 0.3) is 10.8 Å². The van der Waals surface area contributed by atoms with E-state index in [0.717, 1.165) is 18.2 Å². The highest BCUT2D eigenvalue weighted by atomic mass is 32.2. The second-order valence-corrected chi connectivity index (χ2v) is 8.80. The average molecular weight is 448 g/mol. The van der Waals surface area contributed by atoms with E-state index in [1.165, 1.54) is 24.3 Å². The Hall–Kier alpha value is -3.57. The monoisotopic (exact) mass is 448 g/mol. The lowest BCUT2D eigenvalue weighted by molar-refractivity contribution is 0.471. The van der Waals surface area contributed by atoms with E-state index in [2.05, 4.69) is 10.2 Å². The normalized spacial score (nSPS) is 12.3. The van der Waals surface area contributed by atoms with Crippen molar-refractivity contribution in [1.82, 2.24) is 0 Å². The second-order valence-electron chi connectivity index (χ2n) is 5.99. The van der Waals surface area contributed by atoms with Crippen molar-refractivity contribution in [3.8, 4) is 11.8 Å². The fourth-order valence-electron chi connectivity index (χ4n) is 2.65. The maximum atomic E-state index is 11.8. The first kappa shape index (κ1) is 21.1. The van der Waals surface area contributed by atoms with Gasteiger partial charge in [0.1, 0.15) is 16.3 Å². The Morgan fingerprint density at radius 3 is 2.10 bits per heavy atom. The van der Waals surface area contributed by atoms with E-state index in [1.807, 2.05) is 6.07 Å². The standard InChI is InChI=1S/C17H12N4O7S2/c18-8-9-1-3-11(4-2-9)20-21-17-14(30(26,27)28)6-10-5-12(29(23,24)25)7-13(22)15(10)16(17)19/h1-7,22H,19H2,(H,23,24,25)(H,26,27,28). The molecule has 11 nitrogen and oxygen atoms in total. The van der Waals surface area contributed by atoms with Crippen molar-refractivity contribution in [2.75, 3.05) is 5.73 Å². The number of nitriles is 1. The van der Waals surface area contributed by atoms with Gasteiger partial charge in [0, 0.05) is 11.5 Å². The highest BCUT2D eigenvalue weighted by Gasteiger charge is 2.24. The number of nitrogens with zero attached hydrogens (tertiary/aromatic N) is 3. The second kappa shape index (κ2) is 7.35. The molecule has 154 valence electrons. The quantitative estimate of drug-likeness (QED) is 0.263. The molecule has 0 aromatic heterocycles. The molecule has 0 aliphatic heterocycles. The molecular formula is C17H12N4O7S2. The first-order valence-electron chi connectivity index (χ1n) is 7.88. The number of nitrogen functional groups attached to an aromatic ring is 1. The van der Waals surface area contributed by atoms with E-state index in [4.69, 9.17) is 11.0 Å². The molecule has 0 atom stereocenters. The van der Waals surface area contributed by atoms with Crippen LogP contribution in [0.2, 0.25) is 0 Å². The SMILES string of the molecule is N#Cc1ccc(N=Nc2c(S(=O)(=O)O)cc3cc(S(=O)(=O)O)cc(O)c3c2N)cc1. The molecule has 0 aliphatic carbocycles. The minimum absolute atomic E-state index is 0.163. The van der Waals surface area contributed by atoms with Crippen molar-refractivity contribution in [3.63, 3.8) is 0 Å². The number of hydrogen-bond donors (Lipinski definition) is 4. The molecule has 0 heterocycles. The molecule has 3 aromatic carbocycles. The topological polar surface area (TPSA) is 204 Å². The van der Waals surface area contributed by atoms with Crippen LogP contribution in [0.1, 0.15) is 5.56 Å². The van der Waals surface area contributed by atoms with Gasteiger partial charge in [-0.1, -0.05) is 0 Å². The van der Waals surface area contributed by atoms with Crippen molar-refractivity contribution >= 4 is 48.1 Å². The zero-order chi connectivity index (χ0) is 22.3. The summed E-state index contributed by atoms with van der Waals surface area (Å²) in [7, 11) is -9.61. The van der Waals surface area contributed by atoms with Crippen LogP contribution < -0.4 is 5.73 Å². The molecule has 0 bridgehead atoms. The van der Waals surface area contributed by atoms with Gasteiger partial charge in [-0.15, -0.1) is 5.11 Å². The van der Waals surface area contributed by atoms with Crippen LogP contribution in [0.4, 0.5) is 17.1 Å². The van der Waals surface area contributed by atoms with E-state index in [1.54, 1.807) is 0 Å². The van der Waals surface area contributed by atoms with Crippen molar-refractivity contribution in [2.45, 2.75) is 9.79 Å². The smallest absolute Gasteiger partial charge is 0.296 e. The van der Waals surface area contributed by atoms with Gasteiger partial charge in [0.15, 0.2) is 0 Å². The van der Waals surface area contributed by atoms with Gasteiger partial charge in [0.2, 0.25) is 0 Å². The molecule has 5 N–H and O–H groups in total. The third-order valence-electron chi connectivity index (χ3n) is 4.00. The molecule has 0 aliphatic rings. The fourth-order valence-corrected chi connectivity index (χ4v) is 3.86. The van der Waals surface area contributed by atoms with Crippen molar-refractivity contribution in [2.24, 2.45) is 10.2 Å². The average Bonchev–Trinajstić information content (AvgIpc) is 2.65. The molecule has 0 amide bonds. The summed E-state index contributed by atoms with van der Waals surface area (Å²) < 4.78 is 65.2. The van der Waals surface area contributed by atoms with Gasteiger partial charge >= 0.3 is 0 Å². The Kier molecular flexibility index (Phi) is 5.18. The number of fused-ring (bicyclic) bond motifs is 1. The molecule has 30 heavy (non-hydrogen) atoms. The Morgan fingerprint density at radius 1 is 0.933 bits per heavy atom. The van der Waals surface area contributed by atoms with Crippen LogP contribution in [-0.2, 0) is 20.2 Å². The van der Waals surface area contributed by atoms with Crippen molar-refractivity contribution in [1.29, 1.82) is 5.26 Å². The highest BCUT2D eigenvalue weighted by Crippen LogP contribution is 2.42. The highest BCUT2D eigenvalue weighted by molar-refractivity contribution is 7.86. The summed E-state index contributed by atoms with van der Waals surface area (Å²) in [5.74, 6) is -0.672. The van der Waals surface area contributed by atoms with E-state index in [-0.39, 0.29) is 16.5 Å². The number of rotatable bonds is 4. The maximum absolute atomic E-state index is 11.8. The van der Waals surface area contributed by atoms with E-state index < -0.39 is 47.2 Å². The van der Waals surface area contributed by atoms with Gasteiger partial charge in [0.25, 0.3) is 20.2 Å². The molecule has 0 saturated heterocycles. The van der Waals surface area contributed by atoms with Gasteiger partial charge < -0.3 is 10.8 Å². The Bertz CT molecular complexity index is 1460. The zero-order valence-corrected chi connectivity index (χ0v) is 16.4. The zero-order valence-electron chi connectivity index (χ0n) is 14.8. The van der Waals surface area contributed by atoms with Crippen LogP contribution in [-0.4, -0.2) is 31.0 Å². The summed E-state index contributed by atoms with van der Waals surface area (Å²) in [6.07, 6.45) is 0. The number of aromatic hydroxyl groups is 1. The van der Waals surface area contributed by atoms with Crippen LogP contribution in [0.5, 0.6) is 5.75 Å². The number of phenolic OH excluding ortho intramolecular Hbond substituents is 1. The number of benzene rings is 3. The fraction of sp³-hybridized carbons (Fsp3) is 0. The lowest BCUT2D eigenvalue weighted by atomic mass is 10.1. The lowest BCUT2D eigenvalue weighted by Gasteiger charge is -2.12. The molecule has 0 radical (unpaired) electrons. The predicted molar refractivity (Wildman–Crippen MR) is 105 cm³/mol. The third-order valence-corrected chi connectivity index (χ3v) is 5.70. The summed E-state index contributed by atoms with van der Waals surface area (Å²) in [6, 6.07) is 10.1. The summed E-state index contributed by atoms with van der Waals surface area (Å²) in [5, 5.41) is 26.2. The first-order valence-corrected chi connectivity index (χ1v) is 10.8. The minimum atomic E-state index is -4.89. The number of hydrogen-bond acceptors (Lipinski definition) is 9. The van der Waals surface area contributed by atoms with E-state index in [0.29, 0.717) is 5.56 Å². The van der Waals surface area contributed by atoms with Crippen LogP contribution in [0, 0.1) is 11.3 Å². The van der Waals surface area contributed by atoms with Crippen LogP contribution >= 0.6 is 0 Å². The van der Waals surface area contributed by atoms with Gasteiger partial charge in [0.05, 0.1) is 27.9 Å². The molecule has 0 spiro atoms. The van der Waals surface area contributed by atoms with Gasteiger partial charge in [-0.3, -0.25) is 9.11 Å². The molecule has 0 unspecified atom stereocenters. The number of phenols is 1. The first-order chi connectivity index (χ1) is 13.9. The molecule has 13 heteroatoms.